The highest BCUT2D eigenvalue weighted by atomic mass is 32.1. The average molecular weight is 275 g/mol. The second-order valence-corrected chi connectivity index (χ2v) is 5.41. The molecule has 2 heterocycles. The summed E-state index contributed by atoms with van der Waals surface area (Å²) in [6.45, 7) is 2.56. The molecule has 1 aliphatic carbocycles. The fourth-order valence-electron chi connectivity index (χ4n) is 2.41. The Labute approximate surface area is 117 Å². The van der Waals surface area contributed by atoms with Crippen molar-refractivity contribution in [3.05, 3.63) is 35.4 Å². The first kappa shape index (κ1) is 12.5. The van der Waals surface area contributed by atoms with Crippen molar-refractivity contribution in [2.45, 2.75) is 25.7 Å². The van der Waals surface area contributed by atoms with Gasteiger partial charge in [-0.1, -0.05) is 0 Å². The summed E-state index contributed by atoms with van der Waals surface area (Å²) in [5.41, 5.74) is 2.74. The lowest BCUT2D eigenvalue weighted by atomic mass is 10.1. The van der Waals surface area contributed by atoms with Crippen molar-refractivity contribution in [2.75, 3.05) is 12.3 Å². The normalized spacial score (nSPS) is 14.8. The standard InChI is InChI=1S/C14H17N3OS/c1-9-12(14(18)15-6-7-19)5-4-11-8-16-13(17(9)11)10-2-3-10/h4-5,8,10,19H,2-3,6-7H2,1H3,(H,15,18). The van der Waals surface area contributed by atoms with E-state index in [0.29, 0.717) is 23.8 Å². The van der Waals surface area contributed by atoms with Crippen LogP contribution in [-0.4, -0.2) is 27.6 Å². The summed E-state index contributed by atoms with van der Waals surface area (Å²) < 4.78 is 2.12. The van der Waals surface area contributed by atoms with E-state index in [-0.39, 0.29) is 5.91 Å². The lowest BCUT2D eigenvalue weighted by molar-refractivity contribution is 0.0955. The summed E-state index contributed by atoms with van der Waals surface area (Å²) >= 11 is 4.10. The zero-order valence-electron chi connectivity index (χ0n) is 10.9. The van der Waals surface area contributed by atoms with Gasteiger partial charge < -0.3 is 5.32 Å². The minimum atomic E-state index is -0.0381. The predicted octanol–water partition coefficient (Wildman–Crippen LogP) is 2.18. The van der Waals surface area contributed by atoms with Crippen LogP contribution >= 0.6 is 12.6 Å². The smallest absolute Gasteiger partial charge is 0.253 e. The first-order valence-corrected chi connectivity index (χ1v) is 7.21. The molecule has 0 unspecified atom stereocenters. The molecule has 1 N–H and O–H groups in total. The summed E-state index contributed by atoms with van der Waals surface area (Å²) in [7, 11) is 0. The van der Waals surface area contributed by atoms with Gasteiger partial charge in [0.15, 0.2) is 0 Å². The summed E-state index contributed by atoms with van der Waals surface area (Å²) in [4.78, 5) is 16.6. The van der Waals surface area contributed by atoms with Crippen LogP contribution in [0.5, 0.6) is 0 Å². The molecule has 100 valence electrons. The van der Waals surface area contributed by atoms with Crippen molar-refractivity contribution >= 4 is 24.1 Å². The molecule has 0 bridgehead atoms. The number of rotatable bonds is 4. The summed E-state index contributed by atoms with van der Waals surface area (Å²) in [5.74, 6) is 2.27. The average Bonchev–Trinajstić information content (AvgIpc) is 3.16. The van der Waals surface area contributed by atoms with Crippen LogP contribution in [0, 0.1) is 6.92 Å². The Bertz CT molecular complexity index is 631. The van der Waals surface area contributed by atoms with Crippen LogP contribution < -0.4 is 5.32 Å². The minimum absolute atomic E-state index is 0.0381. The molecule has 0 radical (unpaired) electrons. The number of fused-ring (bicyclic) bond motifs is 1. The van der Waals surface area contributed by atoms with E-state index in [2.05, 4.69) is 27.3 Å². The molecule has 0 aliphatic heterocycles. The van der Waals surface area contributed by atoms with E-state index >= 15 is 0 Å². The van der Waals surface area contributed by atoms with Crippen molar-refractivity contribution in [2.24, 2.45) is 0 Å². The number of hydrogen-bond acceptors (Lipinski definition) is 3. The van der Waals surface area contributed by atoms with Crippen LogP contribution in [0.4, 0.5) is 0 Å². The van der Waals surface area contributed by atoms with Crippen LogP contribution in [0.25, 0.3) is 5.52 Å². The third kappa shape index (κ3) is 2.23. The van der Waals surface area contributed by atoms with E-state index in [0.717, 1.165) is 17.0 Å². The fourth-order valence-corrected chi connectivity index (χ4v) is 2.52. The monoisotopic (exact) mass is 275 g/mol. The first-order valence-electron chi connectivity index (χ1n) is 6.58. The van der Waals surface area contributed by atoms with Crippen molar-refractivity contribution in [1.82, 2.24) is 14.7 Å². The van der Waals surface area contributed by atoms with Gasteiger partial charge in [0.25, 0.3) is 5.91 Å². The molecule has 2 aromatic heterocycles. The molecule has 1 fully saturated rings. The SMILES string of the molecule is Cc1c(C(=O)NCCS)ccc2cnc(C3CC3)n12. The number of aromatic nitrogens is 2. The van der Waals surface area contributed by atoms with Gasteiger partial charge in [-0.2, -0.15) is 12.6 Å². The Balaban J connectivity index is 2.03. The number of imidazole rings is 1. The molecule has 3 rings (SSSR count). The van der Waals surface area contributed by atoms with E-state index in [1.54, 1.807) is 0 Å². The second kappa shape index (κ2) is 4.89. The highest BCUT2D eigenvalue weighted by molar-refractivity contribution is 7.80. The maximum Gasteiger partial charge on any atom is 0.253 e. The highest BCUT2D eigenvalue weighted by Gasteiger charge is 2.28. The van der Waals surface area contributed by atoms with Gasteiger partial charge in [0, 0.05) is 23.9 Å². The molecule has 4 nitrogen and oxygen atoms in total. The number of pyridine rings is 1. The molecule has 1 aliphatic rings. The quantitative estimate of drug-likeness (QED) is 0.840. The van der Waals surface area contributed by atoms with Gasteiger partial charge in [-0.15, -0.1) is 0 Å². The van der Waals surface area contributed by atoms with Crippen LogP contribution in [0.15, 0.2) is 18.3 Å². The van der Waals surface area contributed by atoms with Crippen molar-refractivity contribution in [3.63, 3.8) is 0 Å². The number of nitrogens with one attached hydrogen (secondary N) is 1. The van der Waals surface area contributed by atoms with E-state index in [4.69, 9.17) is 0 Å². The third-order valence-electron chi connectivity index (χ3n) is 3.55. The number of carbonyl (C=O) groups is 1. The number of carbonyl (C=O) groups excluding carboxylic acids is 1. The van der Waals surface area contributed by atoms with Crippen LogP contribution in [0.2, 0.25) is 0 Å². The Morgan fingerprint density at radius 1 is 1.53 bits per heavy atom. The maximum absolute atomic E-state index is 12.1. The molecule has 0 atom stereocenters. The second-order valence-electron chi connectivity index (χ2n) is 4.96. The van der Waals surface area contributed by atoms with E-state index < -0.39 is 0 Å². The molecular weight excluding hydrogens is 258 g/mol. The zero-order chi connectivity index (χ0) is 13.4. The minimum Gasteiger partial charge on any atom is -0.351 e. The van der Waals surface area contributed by atoms with E-state index in [9.17, 15) is 4.79 Å². The van der Waals surface area contributed by atoms with Crippen molar-refractivity contribution in [1.29, 1.82) is 0 Å². The molecule has 0 aromatic carbocycles. The number of aryl methyl sites for hydroxylation is 1. The van der Waals surface area contributed by atoms with E-state index in [1.165, 1.54) is 12.8 Å². The number of hydrogen-bond donors (Lipinski definition) is 2. The number of nitrogens with zero attached hydrogens (tertiary/aromatic N) is 2. The Morgan fingerprint density at radius 3 is 3.00 bits per heavy atom. The number of amides is 1. The topological polar surface area (TPSA) is 46.4 Å². The van der Waals surface area contributed by atoms with Gasteiger partial charge in [0.1, 0.15) is 5.82 Å². The maximum atomic E-state index is 12.1. The van der Waals surface area contributed by atoms with E-state index in [1.807, 2.05) is 25.3 Å². The number of thiol groups is 1. The van der Waals surface area contributed by atoms with Crippen molar-refractivity contribution in [3.8, 4) is 0 Å². The van der Waals surface area contributed by atoms with Gasteiger partial charge in [-0.05, 0) is 31.9 Å². The van der Waals surface area contributed by atoms with Crippen LogP contribution in [-0.2, 0) is 0 Å². The lowest BCUT2D eigenvalue weighted by Crippen LogP contribution is -2.26. The van der Waals surface area contributed by atoms with Gasteiger partial charge in [-0.3, -0.25) is 9.20 Å². The molecule has 0 spiro atoms. The molecule has 2 aromatic rings. The lowest BCUT2D eigenvalue weighted by Gasteiger charge is -2.10. The predicted molar refractivity (Wildman–Crippen MR) is 78.1 cm³/mol. The van der Waals surface area contributed by atoms with Gasteiger partial charge in [-0.25, -0.2) is 4.98 Å². The molecule has 1 saturated carbocycles. The fraction of sp³-hybridized carbons (Fsp3) is 0.429. The first-order chi connectivity index (χ1) is 9.22. The largest absolute Gasteiger partial charge is 0.351 e. The third-order valence-corrected chi connectivity index (χ3v) is 3.77. The highest BCUT2D eigenvalue weighted by Crippen LogP contribution is 2.39. The zero-order valence-corrected chi connectivity index (χ0v) is 11.8. The van der Waals surface area contributed by atoms with Crippen molar-refractivity contribution < 1.29 is 4.79 Å². The molecule has 0 saturated heterocycles. The molecule has 5 heteroatoms. The Kier molecular flexibility index (Phi) is 3.22. The van der Waals surface area contributed by atoms with Crippen LogP contribution in [0.1, 0.15) is 40.6 Å². The molecule has 1 amide bonds. The summed E-state index contributed by atoms with van der Waals surface area (Å²) in [5, 5.41) is 2.86. The summed E-state index contributed by atoms with van der Waals surface area (Å²) in [6.07, 6.45) is 4.29. The van der Waals surface area contributed by atoms with Crippen LogP contribution in [0.3, 0.4) is 0 Å². The summed E-state index contributed by atoms with van der Waals surface area (Å²) in [6, 6.07) is 3.83. The van der Waals surface area contributed by atoms with Gasteiger partial charge >= 0.3 is 0 Å². The van der Waals surface area contributed by atoms with Gasteiger partial charge in [0.05, 0.1) is 17.3 Å². The molecule has 19 heavy (non-hydrogen) atoms. The Hall–Kier alpha value is -1.49. The Morgan fingerprint density at radius 2 is 2.32 bits per heavy atom. The van der Waals surface area contributed by atoms with Gasteiger partial charge in [0.2, 0.25) is 0 Å². The molecular formula is C14H17N3OS.